The Hall–Kier alpha value is -0.790. The fourth-order valence-electron chi connectivity index (χ4n) is 1.24. The van der Waals surface area contributed by atoms with Gasteiger partial charge >= 0.3 is 0 Å². The molecule has 0 unspecified atom stereocenters. The molecule has 0 spiro atoms. The van der Waals surface area contributed by atoms with E-state index in [0.717, 1.165) is 5.92 Å². The minimum atomic E-state index is 0.101. The van der Waals surface area contributed by atoms with Crippen molar-refractivity contribution in [2.45, 2.75) is 45.1 Å². The van der Waals surface area contributed by atoms with Gasteiger partial charge in [-0.1, -0.05) is 0 Å². The molecule has 1 saturated carbocycles. The van der Waals surface area contributed by atoms with E-state index in [0.29, 0.717) is 0 Å². The Morgan fingerprint density at radius 3 is 2.58 bits per heavy atom. The normalized spacial score (nSPS) is 18.2. The van der Waals surface area contributed by atoms with Crippen LogP contribution >= 0.6 is 0 Å². The number of hydrogen-bond donors (Lipinski definition) is 0. The summed E-state index contributed by atoms with van der Waals surface area (Å²) in [4.78, 5) is 0. The third-order valence-electron chi connectivity index (χ3n) is 2.25. The average molecular weight is 163 g/mol. The van der Waals surface area contributed by atoms with E-state index in [-0.39, 0.29) is 5.54 Å². The van der Waals surface area contributed by atoms with Crippen LogP contribution in [0.4, 0.5) is 0 Å². The molecule has 0 aliphatic heterocycles. The molecule has 0 N–H and O–H groups in total. The first kappa shape index (κ1) is 7.84. The Morgan fingerprint density at radius 1 is 1.50 bits per heavy atom. The lowest BCUT2D eigenvalue weighted by molar-refractivity contribution is 0.355. The second kappa shape index (κ2) is 2.35. The molecule has 0 aromatic carbocycles. The van der Waals surface area contributed by atoms with Crippen molar-refractivity contribution in [2.24, 2.45) is 0 Å². The van der Waals surface area contributed by atoms with E-state index < -0.39 is 0 Å². The zero-order valence-electron chi connectivity index (χ0n) is 7.96. The molecule has 1 aromatic rings. The van der Waals surface area contributed by atoms with Crippen molar-refractivity contribution in [3.8, 4) is 0 Å². The summed E-state index contributed by atoms with van der Waals surface area (Å²) >= 11 is 0. The fourth-order valence-corrected chi connectivity index (χ4v) is 1.24. The quantitative estimate of drug-likeness (QED) is 0.621. The molecule has 0 amide bonds. The number of aromatic nitrogens is 2. The van der Waals surface area contributed by atoms with Crippen LogP contribution in [0.2, 0.25) is 0 Å². The molecule has 1 aliphatic rings. The summed E-state index contributed by atoms with van der Waals surface area (Å²) in [6, 6.07) is 0. The van der Waals surface area contributed by atoms with Crippen molar-refractivity contribution in [3.63, 3.8) is 0 Å². The van der Waals surface area contributed by atoms with Crippen LogP contribution in [0.3, 0.4) is 0 Å². The Morgan fingerprint density at radius 2 is 2.17 bits per heavy atom. The van der Waals surface area contributed by atoms with Crippen molar-refractivity contribution in [1.82, 2.24) is 9.78 Å². The summed E-state index contributed by atoms with van der Waals surface area (Å²) in [7, 11) is 0. The van der Waals surface area contributed by atoms with Crippen LogP contribution in [0.5, 0.6) is 0 Å². The molecule has 0 bridgehead atoms. The van der Waals surface area contributed by atoms with E-state index in [1.165, 1.54) is 18.4 Å². The predicted molar refractivity (Wildman–Crippen MR) is 48.0 cm³/mol. The maximum atomic E-state index is 4.24. The standard InChI is InChI=1S/C10H15N2/c1-10(2,3)12-7-9(6-11-12)8-4-5-8/h7-8H,4-5H2,1-3H3. The van der Waals surface area contributed by atoms with Gasteiger partial charge in [-0.15, -0.1) is 0 Å². The van der Waals surface area contributed by atoms with Gasteiger partial charge in [0.25, 0.3) is 0 Å². The molecule has 2 heteroatoms. The van der Waals surface area contributed by atoms with Crippen molar-refractivity contribution < 1.29 is 0 Å². The van der Waals surface area contributed by atoms with Crippen LogP contribution in [0.1, 0.15) is 45.1 Å². The lowest BCUT2D eigenvalue weighted by Gasteiger charge is -2.18. The van der Waals surface area contributed by atoms with E-state index in [1.54, 1.807) is 0 Å². The van der Waals surface area contributed by atoms with Gasteiger partial charge < -0.3 is 0 Å². The maximum Gasteiger partial charge on any atom is 0.116 e. The first-order valence-electron chi connectivity index (χ1n) is 4.55. The molecule has 0 atom stereocenters. The van der Waals surface area contributed by atoms with E-state index >= 15 is 0 Å². The molecule has 0 saturated heterocycles. The molecule has 1 aliphatic carbocycles. The fraction of sp³-hybridized carbons (Fsp3) is 0.700. The third kappa shape index (κ3) is 1.38. The molecule has 1 heterocycles. The van der Waals surface area contributed by atoms with Crippen LogP contribution in [-0.4, -0.2) is 9.78 Å². The van der Waals surface area contributed by atoms with Gasteiger partial charge in [0.05, 0.1) is 5.54 Å². The van der Waals surface area contributed by atoms with Crippen LogP contribution in [0.25, 0.3) is 0 Å². The summed E-state index contributed by atoms with van der Waals surface area (Å²) in [5.74, 6) is 0.765. The highest BCUT2D eigenvalue weighted by Gasteiger charge is 2.26. The minimum absolute atomic E-state index is 0.101. The smallest absolute Gasteiger partial charge is 0.116 e. The highest BCUT2D eigenvalue weighted by atomic mass is 15.3. The summed E-state index contributed by atoms with van der Waals surface area (Å²) in [5, 5.41) is 4.24. The molecular weight excluding hydrogens is 148 g/mol. The van der Waals surface area contributed by atoms with E-state index in [4.69, 9.17) is 0 Å². The highest BCUT2D eigenvalue weighted by Crippen LogP contribution is 2.39. The van der Waals surface area contributed by atoms with Crippen LogP contribution in [-0.2, 0) is 5.54 Å². The van der Waals surface area contributed by atoms with Gasteiger partial charge in [-0.05, 0) is 39.5 Å². The van der Waals surface area contributed by atoms with E-state index in [1.807, 2.05) is 4.68 Å². The van der Waals surface area contributed by atoms with Crippen LogP contribution in [0.15, 0.2) is 6.20 Å². The Kier molecular flexibility index (Phi) is 1.53. The molecule has 2 rings (SSSR count). The van der Waals surface area contributed by atoms with Crippen LogP contribution < -0.4 is 0 Å². The third-order valence-corrected chi connectivity index (χ3v) is 2.25. The Bertz CT molecular complexity index is 276. The Balaban J connectivity index is 2.23. The van der Waals surface area contributed by atoms with Crippen molar-refractivity contribution >= 4 is 0 Å². The molecular formula is C10H15N2. The van der Waals surface area contributed by atoms with Gasteiger partial charge in [-0.3, -0.25) is 4.68 Å². The minimum Gasteiger partial charge on any atom is -0.267 e. The first-order chi connectivity index (χ1) is 5.57. The Labute approximate surface area is 73.6 Å². The summed E-state index contributed by atoms with van der Waals surface area (Å²) in [5.41, 5.74) is 1.40. The molecule has 1 fully saturated rings. The zero-order chi connectivity index (χ0) is 8.77. The van der Waals surface area contributed by atoms with Crippen molar-refractivity contribution in [1.29, 1.82) is 0 Å². The van der Waals surface area contributed by atoms with Gasteiger partial charge in [0, 0.05) is 11.8 Å². The lowest BCUT2D eigenvalue weighted by Crippen LogP contribution is -2.21. The van der Waals surface area contributed by atoms with Gasteiger partial charge in [0.1, 0.15) is 6.20 Å². The van der Waals surface area contributed by atoms with Gasteiger partial charge in [-0.25, -0.2) is 0 Å². The zero-order valence-corrected chi connectivity index (χ0v) is 7.96. The largest absolute Gasteiger partial charge is 0.267 e. The molecule has 65 valence electrons. The monoisotopic (exact) mass is 163 g/mol. The van der Waals surface area contributed by atoms with Gasteiger partial charge in [0.15, 0.2) is 0 Å². The molecule has 1 radical (unpaired) electrons. The van der Waals surface area contributed by atoms with E-state index in [2.05, 4.69) is 38.3 Å². The number of hydrogen-bond acceptors (Lipinski definition) is 1. The maximum absolute atomic E-state index is 4.24. The van der Waals surface area contributed by atoms with Crippen molar-refractivity contribution in [3.05, 3.63) is 18.0 Å². The first-order valence-corrected chi connectivity index (χ1v) is 4.55. The SMILES string of the molecule is CC(C)(C)n1cc(C2CC2)[c]n1. The molecule has 12 heavy (non-hydrogen) atoms. The molecule has 1 aromatic heterocycles. The summed E-state index contributed by atoms with van der Waals surface area (Å²) < 4.78 is 2.00. The predicted octanol–water partition coefficient (Wildman–Crippen LogP) is 2.32. The van der Waals surface area contributed by atoms with Gasteiger partial charge in [0.2, 0.25) is 0 Å². The summed E-state index contributed by atoms with van der Waals surface area (Å²) in [6.45, 7) is 6.47. The van der Waals surface area contributed by atoms with Crippen LogP contribution in [0, 0.1) is 6.20 Å². The molecule has 2 nitrogen and oxygen atoms in total. The van der Waals surface area contributed by atoms with Crippen molar-refractivity contribution in [2.75, 3.05) is 0 Å². The average Bonchev–Trinajstić information content (AvgIpc) is 2.66. The number of nitrogens with zero attached hydrogens (tertiary/aromatic N) is 2. The summed E-state index contributed by atoms with van der Waals surface area (Å²) in [6.07, 6.45) is 7.88. The second-order valence-electron chi connectivity index (χ2n) is 4.59. The van der Waals surface area contributed by atoms with E-state index in [9.17, 15) is 0 Å². The number of rotatable bonds is 1. The second-order valence-corrected chi connectivity index (χ2v) is 4.59. The topological polar surface area (TPSA) is 17.8 Å². The van der Waals surface area contributed by atoms with Gasteiger partial charge in [-0.2, -0.15) is 5.10 Å². The lowest BCUT2D eigenvalue weighted by atomic mass is 10.1. The highest BCUT2D eigenvalue weighted by molar-refractivity contribution is 5.16.